The molecule has 0 aromatic rings. The first-order valence-corrected chi connectivity index (χ1v) is 3.53. The smallest absolute Gasteiger partial charge is 0.363 e. The Kier molecular flexibility index (Phi) is 6.07. The Morgan fingerprint density at radius 1 is 1.75 bits per heavy atom. The molecule has 0 fully saturated rings. The molecule has 0 radical (unpaired) electrons. The molecule has 0 spiro atoms. The summed E-state index contributed by atoms with van der Waals surface area (Å²) in [5.41, 5.74) is 0. The number of esters is 1. The van der Waals surface area contributed by atoms with Crippen LogP contribution in [0.1, 0.15) is 12.8 Å². The zero-order chi connectivity index (χ0) is 9.40. The number of carbonyl (C=O) groups excluding carboxylic acids is 1. The number of unbranched alkanes of at least 4 members (excludes halogenated alkanes) is 1. The van der Waals surface area contributed by atoms with Crippen LogP contribution in [0, 0.1) is 12.3 Å². The van der Waals surface area contributed by atoms with Crippen LogP contribution in [0.25, 0.3) is 0 Å². The lowest BCUT2D eigenvalue weighted by Crippen LogP contribution is -2.25. The van der Waals surface area contributed by atoms with Crippen LogP contribution in [0.5, 0.6) is 0 Å². The van der Waals surface area contributed by atoms with Gasteiger partial charge in [-0.3, -0.25) is 0 Å². The Labute approximate surface area is 71.5 Å². The van der Waals surface area contributed by atoms with Gasteiger partial charge in [0.2, 0.25) is 0 Å². The van der Waals surface area contributed by atoms with E-state index in [0.29, 0.717) is 12.8 Å². The molecule has 0 bridgehead atoms. The van der Waals surface area contributed by atoms with Crippen molar-refractivity contribution in [3.8, 4) is 12.3 Å². The van der Waals surface area contributed by atoms with Crippen LogP contribution < -0.4 is 0 Å². The number of rotatable bonds is 5. The molecule has 0 aromatic carbocycles. The van der Waals surface area contributed by atoms with Crippen LogP contribution in [-0.4, -0.2) is 31.1 Å². The van der Waals surface area contributed by atoms with Gasteiger partial charge in [-0.15, -0.1) is 12.3 Å². The van der Waals surface area contributed by atoms with Crippen LogP contribution in [0.3, 0.4) is 0 Å². The minimum atomic E-state index is -1.49. The molecule has 12 heavy (non-hydrogen) atoms. The van der Waals surface area contributed by atoms with Crippen LogP contribution >= 0.6 is 0 Å². The Bertz CT molecular complexity index is 170. The second-order valence-corrected chi connectivity index (χ2v) is 2.05. The number of carbonyl (C=O) groups is 1. The lowest BCUT2D eigenvalue weighted by atomic mass is 10.3. The largest absolute Gasteiger partial charge is 0.465 e. The molecule has 0 aliphatic rings. The summed E-state index contributed by atoms with van der Waals surface area (Å²) < 4.78 is 8.90. The van der Waals surface area contributed by atoms with Crippen molar-refractivity contribution in [2.24, 2.45) is 0 Å². The Balaban J connectivity index is 3.38. The predicted molar refractivity (Wildman–Crippen MR) is 42.0 cm³/mol. The van der Waals surface area contributed by atoms with Crippen molar-refractivity contribution in [2.45, 2.75) is 19.1 Å². The van der Waals surface area contributed by atoms with Gasteiger partial charge >= 0.3 is 5.97 Å². The van der Waals surface area contributed by atoms with Crippen molar-refractivity contribution in [3.63, 3.8) is 0 Å². The molecule has 0 saturated carbocycles. The van der Waals surface area contributed by atoms with Gasteiger partial charge in [0.25, 0.3) is 6.29 Å². The van der Waals surface area contributed by atoms with Gasteiger partial charge in [0, 0.05) is 6.42 Å². The Morgan fingerprint density at radius 2 is 2.42 bits per heavy atom. The first kappa shape index (κ1) is 11.0. The van der Waals surface area contributed by atoms with Crippen LogP contribution in [-0.2, 0) is 14.3 Å². The molecule has 0 aromatic heterocycles. The second kappa shape index (κ2) is 6.65. The fourth-order valence-electron chi connectivity index (χ4n) is 0.538. The summed E-state index contributed by atoms with van der Waals surface area (Å²) in [6.07, 6.45) is 4.66. The molecule has 1 atom stereocenters. The van der Waals surface area contributed by atoms with E-state index in [0.717, 1.165) is 0 Å². The molecule has 0 heterocycles. The highest BCUT2D eigenvalue weighted by Crippen LogP contribution is 1.94. The summed E-state index contributed by atoms with van der Waals surface area (Å²) in [5, 5.41) is 8.87. The number of hydrogen-bond donors (Lipinski definition) is 1. The number of methoxy groups -OCH3 is 1. The van der Waals surface area contributed by atoms with Crippen LogP contribution in [0.4, 0.5) is 0 Å². The fraction of sp³-hybridized carbons (Fsp3) is 0.625. The minimum Gasteiger partial charge on any atom is -0.465 e. The van der Waals surface area contributed by atoms with E-state index >= 15 is 0 Å². The number of ether oxygens (including phenoxy) is 2. The standard InChI is InChI=1S/C8H12O4/c1-3-4-5-6-12-8(10)7(9)11-2/h1,8,10H,4-6H2,2H3. The van der Waals surface area contributed by atoms with Gasteiger partial charge in [-0.2, -0.15) is 0 Å². The zero-order valence-corrected chi connectivity index (χ0v) is 6.95. The highest BCUT2D eigenvalue weighted by Gasteiger charge is 2.14. The minimum absolute atomic E-state index is 0.250. The maximum atomic E-state index is 10.5. The van der Waals surface area contributed by atoms with Crippen molar-refractivity contribution >= 4 is 5.97 Å². The zero-order valence-electron chi connectivity index (χ0n) is 6.95. The molecule has 1 N–H and O–H groups in total. The van der Waals surface area contributed by atoms with Gasteiger partial charge in [0.15, 0.2) is 0 Å². The molecule has 0 rings (SSSR count). The van der Waals surface area contributed by atoms with Crippen molar-refractivity contribution in [1.29, 1.82) is 0 Å². The lowest BCUT2D eigenvalue weighted by Gasteiger charge is -2.07. The predicted octanol–water partition coefficient (Wildman–Crippen LogP) is -0.0922. The maximum absolute atomic E-state index is 10.5. The van der Waals surface area contributed by atoms with Gasteiger partial charge in [-0.1, -0.05) is 0 Å². The molecule has 4 heteroatoms. The van der Waals surface area contributed by atoms with E-state index < -0.39 is 12.3 Å². The first-order chi connectivity index (χ1) is 5.72. The fourth-order valence-corrected chi connectivity index (χ4v) is 0.538. The molecule has 0 saturated heterocycles. The number of terminal acetylenes is 1. The van der Waals surface area contributed by atoms with Crippen LogP contribution in [0.2, 0.25) is 0 Å². The molecule has 0 aliphatic carbocycles. The van der Waals surface area contributed by atoms with E-state index in [4.69, 9.17) is 11.5 Å². The molecule has 0 amide bonds. The molecule has 68 valence electrons. The topological polar surface area (TPSA) is 55.8 Å². The van der Waals surface area contributed by atoms with Gasteiger partial charge < -0.3 is 14.6 Å². The third-order valence-corrected chi connectivity index (χ3v) is 1.14. The third-order valence-electron chi connectivity index (χ3n) is 1.14. The normalized spacial score (nSPS) is 11.8. The summed E-state index contributed by atoms with van der Waals surface area (Å²) in [6.45, 7) is 0.250. The Hall–Kier alpha value is -1.05. The third kappa shape index (κ3) is 4.72. The molecular formula is C8H12O4. The van der Waals surface area contributed by atoms with E-state index in [1.54, 1.807) is 0 Å². The molecule has 4 nitrogen and oxygen atoms in total. The summed E-state index contributed by atoms with van der Waals surface area (Å²) in [7, 11) is 1.18. The number of aliphatic hydroxyl groups excluding tert-OH is 1. The summed E-state index contributed by atoms with van der Waals surface area (Å²) in [4.78, 5) is 10.5. The summed E-state index contributed by atoms with van der Waals surface area (Å²) in [6, 6.07) is 0. The van der Waals surface area contributed by atoms with Crippen molar-refractivity contribution in [1.82, 2.24) is 0 Å². The maximum Gasteiger partial charge on any atom is 0.363 e. The SMILES string of the molecule is C#CCCCOC(O)C(=O)OC. The summed E-state index contributed by atoms with van der Waals surface area (Å²) in [5.74, 6) is 1.61. The number of aliphatic hydroxyl groups is 1. The average molecular weight is 172 g/mol. The lowest BCUT2D eigenvalue weighted by molar-refractivity contribution is -0.180. The van der Waals surface area contributed by atoms with Gasteiger partial charge in [-0.05, 0) is 6.42 Å². The van der Waals surface area contributed by atoms with Crippen molar-refractivity contribution in [2.75, 3.05) is 13.7 Å². The molecule has 0 aliphatic heterocycles. The van der Waals surface area contributed by atoms with E-state index in [2.05, 4.69) is 15.4 Å². The summed E-state index contributed by atoms with van der Waals surface area (Å²) >= 11 is 0. The molecular weight excluding hydrogens is 160 g/mol. The number of hydrogen-bond acceptors (Lipinski definition) is 4. The van der Waals surface area contributed by atoms with E-state index in [1.807, 2.05) is 0 Å². The van der Waals surface area contributed by atoms with E-state index in [1.165, 1.54) is 7.11 Å². The van der Waals surface area contributed by atoms with Crippen molar-refractivity contribution in [3.05, 3.63) is 0 Å². The second-order valence-electron chi connectivity index (χ2n) is 2.05. The van der Waals surface area contributed by atoms with E-state index in [9.17, 15) is 4.79 Å². The van der Waals surface area contributed by atoms with Crippen molar-refractivity contribution < 1.29 is 19.4 Å². The van der Waals surface area contributed by atoms with Gasteiger partial charge in [0.05, 0.1) is 13.7 Å². The quantitative estimate of drug-likeness (QED) is 0.272. The average Bonchev–Trinajstić information content (AvgIpc) is 2.10. The first-order valence-electron chi connectivity index (χ1n) is 3.53. The molecule has 1 unspecified atom stereocenters. The highest BCUT2D eigenvalue weighted by molar-refractivity contribution is 5.72. The van der Waals surface area contributed by atoms with Gasteiger partial charge in [0.1, 0.15) is 0 Å². The Morgan fingerprint density at radius 3 is 2.92 bits per heavy atom. The van der Waals surface area contributed by atoms with Gasteiger partial charge in [-0.25, -0.2) is 4.79 Å². The monoisotopic (exact) mass is 172 g/mol. The van der Waals surface area contributed by atoms with Crippen LogP contribution in [0.15, 0.2) is 0 Å². The van der Waals surface area contributed by atoms with E-state index in [-0.39, 0.29) is 6.61 Å². The highest BCUT2D eigenvalue weighted by atomic mass is 16.6.